The first-order valence-electron chi connectivity index (χ1n) is 6.13. The fraction of sp³-hybridized carbons (Fsp3) is 0.615. The largest absolute Gasteiger partial charge is 0.388 e. The average Bonchev–Trinajstić information content (AvgIpc) is 2.39. The highest BCUT2D eigenvalue weighted by molar-refractivity contribution is 5.04. The molecule has 1 aromatic rings. The van der Waals surface area contributed by atoms with Gasteiger partial charge in [0.2, 0.25) is 0 Å². The summed E-state index contributed by atoms with van der Waals surface area (Å²) in [7, 11) is 0. The number of β-amino-alcohol motifs (C(OH)–C–C–N with tert-alkyl or cyclic N) is 1. The van der Waals surface area contributed by atoms with E-state index in [9.17, 15) is 5.11 Å². The van der Waals surface area contributed by atoms with E-state index in [-0.39, 0.29) is 0 Å². The normalized spacial score (nSPS) is 31.1. The molecule has 0 radical (unpaired) electrons. The van der Waals surface area contributed by atoms with Crippen LogP contribution in [0, 0.1) is 0 Å². The Kier molecular flexibility index (Phi) is 3.76. The van der Waals surface area contributed by atoms with Crippen molar-refractivity contribution in [3.63, 3.8) is 0 Å². The van der Waals surface area contributed by atoms with Crippen molar-refractivity contribution in [2.75, 3.05) is 19.6 Å². The molecule has 2 atom stereocenters. The second kappa shape index (κ2) is 5.12. The van der Waals surface area contributed by atoms with Crippen molar-refractivity contribution in [3.8, 4) is 0 Å². The Bertz CT molecular complexity index is 353. The lowest BCUT2D eigenvalue weighted by atomic mass is 10.1. The van der Waals surface area contributed by atoms with Gasteiger partial charge in [-0.25, -0.2) is 0 Å². The zero-order valence-corrected chi connectivity index (χ0v) is 10.6. The molecule has 4 nitrogen and oxygen atoms in total. The van der Waals surface area contributed by atoms with E-state index in [1.165, 1.54) is 0 Å². The van der Waals surface area contributed by atoms with Gasteiger partial charge in [-0.3, -0.25) is 9.88 Å². The van der Waals surface area contributed by atoms with Crippen molar-refractivity contribution in [2.24, 2.45) is 0 Å². The number of rotatable bonds is 2. The monoisotopic (exact) mass is 235 g/mol. The molecule has 4 heteroatoms. The number of hydrogen-bond acceptors (Lipinski definition) is 4. The van der Waals surface area contributed by atoms with Crippen LogP contribution >= 0.6 is 0 Å². The second-order valence-corrected chi connectivity index (χ2v) is 5.27. The molecular formula is C13H21N3O. The van der Waals surface area contributed by atoms with Gasteiger partial charge in [-0.1, -0.05) is 6.07 Å². The predicted molar refractivity (Wildman–Crippen MR) is 67.6 cm³/mol. The third kappa shape index (κ3) is 3.77. The maximum absolute atomic E-state index is 10.2. The summed E-state index contributed by atoms with van der Waals surface area (Å²) in [5.41, 5.74) is 0.386. The van der Waals surface area contributed by atoms with Gasteiger partial charge < -0.3 is 10.4 Å². The van der Waals surface area contributed by atoms with Crippen molar-refractivity contribution >= 4 is 0 Å². The molecule has 2 unspecified atom stereocenters. The minimum atomic E-state index is -0.667. The Morgan fingerprint density at radius 1 is 1.59 bits per heavy atom. The lowest BCUT2D eigenvalue weighted by Crippen LogP contribution is -2.43. The first-order chi connectivity index (χ1) is 8.05. The molecule has 2 rings (SSSR count). The van der Waals surface area contributed by atoms with Gasteiger partial charge in [-0.2, -0.15) is 0 Å². The Morgan fingerprint density at radius 2 is 2.41 bits per heavy atom. The van der Waals surface area contributed by atoms with Crippen LogP contribution in [0.15, 0.2) is 24.4 Å². The molecule has 1 fully saturated rings. The molecule has 2 N–H and O–H groups in total. The van der Waals surface area contributed by atoms with E-state index in [0.717, 1.165) is 18.8 Å². The van der Waals surface area contributed by atoms with E-state index < -0.39 is 5.60 Å². The molecular weight excluding hydrogens is 214 g/mol. The summed E-state index contributed by atoms with van der Waals surface area (Å²) in [4.78, 5) is 6.59. The van der Waals surface area contributed by atoms with Gasteiger partial charge in [0.15, 0.2) is 0 Å². The van der Waals surface area contributed by atoms with Gasteiger partial charge >= 0.3 is 0 Å². The highest BCUT2D eigenvalue weighted by Gasteiger charge is 2.28. The van der Waals surface area contributed by atoms with E-state index in [1.54, 1.807) is 0 Å². The second-order valence-electron chi connectivity index (χ2n) is 5.27. The maximum Gasteiger partial charge on any atom is 0.0869 e. The summed E-state index contributed by atoms with van der Waals surface area (Å²) < 4.78 is 0. The van der Waals surface area contributed by atoms with Gasteiger partial charge in [0.1, 0.15) is 0 Å². The summed E-state index contributed by atoms with van der Waals surface area (Å²) in [5.74, 6) is 0. The number of aromatic nitrogens is 1. The van der Waals surface area contributed by atoms with Crippen molar-refractivity contribution in [1.29, 1.82) is 0 Å². The molecule has 94 valence electrons. The fourth-order valence-corrected chi connectivity index (χ4v) is 2.29. The molecule has 0 saturated carbocycles. The Morgan fingerprint density at radius 3 is 3.12 bits per heavy atom. The molecule has 1 aromatic heterocycles. The maximum atomic E-state index is 10.2. The lowest BCUT2D eigenvalue weighted by molar-refractivity contribution is 0.0318. The third-order valence-electron chi connectivity index (χ3n) is 3.04. The van der Waals surface area contributed by atoms with Crippen molar-refractivity contribution in [3.05, 3.63) is 30.1 Å². The van der Waals surface area contributed by atoms with Crippen LogP contribution < -0.4 is 5.32 Å². The van der Waals surface area contributed by atoms with Crippen LogP contribution in [0.25, 0.3) is 0 Å². The molecule has 1 aliphatic rings. The fourth-order valence-electron chi connectivity index (χ4n) is 2.29. The molecule has 2 heterocycles. The average molecular weight is 235 g/mol. The van der Waals surface area contributed by atoms with Gasteiger partial charge in [-0.05, 0) is 26.0 Å². The number of nitrogens with one attached hydrogen (secondary N) is 1. The lowest BCUT2D eigenvalue weighted by Gasteiger charge is -2.27. The summed E-state index contributed by atoms with van der Waals surface area (Å²) in [5, 5.41) is 13.5. The number of hydrogen-bond donors (Lipinski definition) is 2. The zero-order valence-electron chi connectivity index (χ0n) is 10.6. The van der Waals surface area contributed by atoms with Crippen molar-refractivity contribution in [2.45, 2.75) is 32.0 Å². The SMILES string of the molecule is CC1CN(Cc2ccccn2)CC(C)(O)CN1. The van der Waals surface area contributed by atoms with Crippen LogP contribution in [-0.2, 0) is 6.54 Å². The topological polar surface area (TPSA) is 48.4 Å². The van der Waals surface area contributed by atoms with Crippen molar-refractivity contribution in [1.82, 2.24) is 15.2 Å². The first-order valence-corrected chi connectivity index (χ1v) is 6.13. The molecule has 0 aliphatic carbocycles. The number of nitrogens with zero attached hydrogens (tertiary/aromatic N) is 2. The Labute approximate surface area is 103 Å². The van der Waals surface area contributed by atoms with Gasteiger partial charge in [0.25, 0.3) is 0 Å². The smallest absolute Gasteiger partial charge is 0.0869 e. The summed E-state index contributed by atoms with van der Waals surface area (Å²) in [6, 6.07) is 6.34. The van der Waals surface area contributed by atoms with E-state index in [0.29, 0.717) is 19.1 Å². The molecule has 0 amide bonds. The molecule has 1 aliphatic heterocycles. The number of aliphatic hydroxyl groups is 1. The summed E-state index contributed by atoms with van der Waals surface area (Å²) in [6.45, 7) is 7.08. The van der Waals surface area contributed by atoms with Crippen LogP contribution in [-0.4, -0.2) is 46.3 Å². The van der Waals surface area contributed by atoms with Crippen LogP contribution in [0.3, 0.4) is 0 Å². The van der Waals surface area contributed by atoms with Crippen LogP contribution in [0.1, 0.15) is 19.5 Å². The van der Waals surface area contributed by atoms with Crippen LogP contribution in [0.2, 0.25) is 0 Å². The van der Waals surface area contributed by atoms with E-state index in [1.807, 2.05) is 31.3 Å². The molecule has 0 spiro atoms. The van der Waals surface area contributed by atoms with Crippen LogP contribution in [0.4, 0.5) is 0 Å². The first kappa shape index (κ1) is 12.5. The highest BCUT2D eigenvalue weighted by Crippen LogP contribution is 2.13. The minimum absolute atomic E-state index is 0.396. The molecule has 17 heavy (non-hydrogen) atoms. The number of pyridine rings is 1. The Hall–Kier alpha value is -0.970. The minimum Gasteiger partial charge on any atom is -0.388 e. The standard InChI is InChI=1S/C13H21N3O/c1-11-7-16(10-13(2,17)9-15-11)8-12-5-3-4-6-14-12/h3-6,11,15,17H,7-10H2,1-2H3. The van der Waals surface area contributed by atoms with Gasteiger partial charge in [-0.15, -0.1) is 0 Å². The molecule has 0 bridgehead atoms. The van der Waals surface area contributed by atoms with Gasteiger partial charge in [0, 0.05) is 38.4 Å². The van der Waals surface area contributed by atoms with Gasteiger partial charge in [0.05, 0.1) is 11.3 Å². The van der Waals surface area contributed by atoms with Crippen LogP contribution in [0.5, 0.6) is 0 Å². The van der Waals surface area contributed by atoms with E-state index >= 15 is 0 Å². The van der Waals surface area contributed by atoms with Crippen molar-refractivity contribution < 1.29 is 5.11 Å². The van der Waals surface area contributed by atoms with E-state index in [4.69, 9.17) is 0 Å². The molecule has 1 saturated heterocycles. The Balaban J connectivity index is 2.03. The summed E-state index contributed by atoms with van der Waals surface area (Å²) in [6.07, 6.45) is 1.81. The molecule has 0 aromatic carbocycles. The van der Waals surface area contributed by atoms with E-state index in [2.05, 4.69) is 22.1 Å². The predicted octanol–water partition coefficient (Wildman–Crippen LogP) is 0.626. The summed E-state index contributed by atoms with van der Waals surface area (Å²) >= 11 is 0. The highest BCUT2D eigenvalue weighted by atomic mass is 16.3. The third-order valence-corrected chi connectivity index (χ3v) is 3.04. The zero-order chi connectivity index (χ0) is 12.3. The quantitative estimate of drug-likeness (QED) is 0.789.